The second kappa shape index (κ2) is 7.38. The summed E-state index contributed by atoms with van der Waals surface area (Å²) in [4.78, 5) is 0. The van der Waals surface area contributed by atoms with Crippen LogP contribution in [0.15, 0.2) is 24.3 Å². The van der Waals surface area contributed by atoms with E-state index in [1.807, 2.05) is 24.3 Å². The van der Waals surface area contributed by atoms with Crippen molar-refractivity contribution in [1.82, 2.24) is 5.32 Å². The lowest BCUT2D eigenvalue weighted by atomic mass is 10.2. The predicted molar refractivity (Wildman–Crippen MR) is 73.6 cm³/mol. The second-order valence-corrected chi connectivity index (χ2v) is 6.52. The van der Waals surface area contributed by atoms with Gasteiger partial charge in [0, 0.05) is 18.4 Å². The molecule has 1 rings (SSSR count). The molecule has 0 saturated carbocycles. The molecule has 0 aliphatic heterocycles. The molecule has 0 heterocycles. The molecule has 1 N–H and O–H groups in total. The fourth-order valence-corrected chi connectivity index (χ4v) is 1.88. The van der Waals surface area contributed by atoms with Gasteiger partial charge in [-0.15, -0.1) is 0 Å². The zero-order valence-electron chi connectivity index (χ0n) is 11.0. The summed E-state index contributed by atoms with van der Waals surface area (Å²) < 4.78 is 27.6. The molecule has 0 aromatic heterocycles. The first-order chi connectivity index (χ1) is 8.53. The van der Waals surface area contributed by atoms with Crippen LogP contribution >= 0.6 is 0 Å². The number of nitrogens with one attached hydrogen (secondary N) is 1. The Morgan fingerprint density at radius 2 is 2.00 bits per heavy atom. The average Bonchev–Trinajstić information content (AvgIpc) is 2.30. The van der Waals surface area contributed by atoms with E-state index in [1.165, 1.54) is 6.26 Å². The van der Waals surface area contributed by atoms with Gasteiger partial charge in [-0.1, -0.05) is 25.1 Å². The van der Waals surface area contributed by atoms with E-state index in [2.05, 4.69) is 12.2 Å². The molecule has 1 aromatic carbocycles. The molecule has 0 bridgehead atoms. The molecule has 0 aliphatic rings. The van der Waals surface area contributed by atoms with Crippen LogP contribution in [0, 0.1) is 0 Å². The van der Waals surface area contributed by atoms with E-state index in [-0.39, 0.29) is 12.4 Å². The summed E-state index contributed by atoms with van der Waals surface area (Å²) in [7, 11) is -2.97. The lowest BCUT2D eigenvalue weighted by molar-refractivity contribution is 0.336. The van der Waals surface area contributed by atoms with E-state index in [1.54, 1.807) is 0 Å². The van der Waals surface area contributed by atoms with Gasteiger partial charge in [-0.3, -0.25) is 0 Å². The molecule has 0 atom stereocenters. The summed E-state index contributed by atoms with van der Waals surface area (Å²) in [6.07, 6.45) is 2.29. The van der Waals surface area contributed by atoms with Crippen LogP contribution in [-0.4, -0.2) is 33.6 Å². The third kappa shape index (κ3) is 6.02. The van der Waals surface area contributed by atoms with Crippen molar-refractivity contribution in [3.05, 3.63) is 29.8 Å². The van der Waals surface area contributed by atoms with Gasteiger partial charge in [0.1, 0.15) is 12.4 Å². The van der Waals surface area contributed by atoms with Crippen molar-refractivity contribution in [3.8, 4) is 5.75 Å². The maximum Gasteiger partial charge on any atom is 0.150 e. The van der Waals surface area contributed by atoms with Gasteiger partial charge in [-0.05, 0) is 19.0 Å². The maximum atomic E-state index is 11.0. The van der Waals surface area contributed by atoms with E-state index in [0.29, 0.717) is 0 Å². The molecule has 0 radical (unpaired) electrons. The Hall–Kier alpha value is -1.07. The Morgan fingerprint density at radius 3 is 2.67 bits per heavy atom. The molecule has 0 unspecified atom stereocenters. The van der Waals surface area contributed by atoms with Crippen LogP contribution < -0.4 is 10.1 Å². The molecular weight excluding hydrogens is 250 g/mol. The Bertz CT molecular complexity index is 457. The van der Waals surface area contributed by atoms with Crippen LogP contribution in [0.3, 0.4) is 0 Å². The van der Waals surface area contributed by atoms with Crippen molar-refractivity contribution in [2.45, 2.75) is 19.9 Å². The molecule has 4 nitrogen and oxygen atoms in total. The lowest BCUT2D eigenvalue weighted by Crippen LogP contribution is -2.16. The summed E-state index contributed by atoms with van der Waals surface area (Å²) >= 11 is 0. The van der Waals surface area contributed by atoms with Gasteiger partial charge in [0.2, 0.25) is 0 Å². The first kappa shape index (κ1) is 15.0. The number of rotatable bonds is 8. The quantitative estimate of drug-likeness (QED) is 0.730. The van der Waals surface area contributed by atoms with Crippen LogP contribution in [-0.2, 0) is 16.4 Å². The van der Waals surface area contributed by atoms with Gasteiger partial charge in [0.05, 0.1) is 5.75 Å². The van der Waals surface area contributed by atoms with E-state index < -0.39 is 9.84 Å². The molecule has 0 spiro atoms. The van der Waals surface area contributed by atoms with Gasteiger partial charge in [-0.25, -0.2) is 8.42 Å². The van der Waals surface area contributed by atoms with Gasteiger partial charge >= 0.3 is 0 Å². The minimum atomic E-state index is -2.97. The topological polar surface area (TPSA) is 55.4 Å². The van der Waals surface area contributed by atoms with Crippen molar-refractivity contribution in [1.29, 1.82) is 0 Å². The SMILES string of the molecule is CCCNCc1ccccc1OCCS(C)(=O)=O. The minimum Gasteiger partial charge on any atom is -0.492 e. The number of para-hydroxylation sites is 1. The zero-order valence-corrected chi connectivity index (χ0v) is 11.8. The molecule has 0 amide bonds. The summed E-state index contributed by atoms with van der Waals surface area (Å²) in [6, 6.07) is 7.69. The maximum absolute atomic E-state index is 11.0. The number of sulfone groups is 1. The van der Waals surface area contributed by atoms with Crippen molar-refractivity contribution in [2.24, 2.45) is 0 Å². The molecule has 102 valence electrons. The summed E-state index contributed by atoms with van der Waals surface area (Å²) in [5, 5.41) is 3.30. The van der Waals surface area contributed by atoms with E-state index in [4.69, 9.17) is 4.74 Å². The first-order valence-corrected chi connectivity index (χ1v) is 8.18. The van der Waals surface area contributed by atoms with Crippen molar-refractivity contribution < 1.29 is 13.2 Å². The molecule has 0 aliphatic carbocycles. The summed E-state index contributed by atoms with van der Waals surface area (Å²) in [5.74, 6) is 0.800. The van der Waals surface area contributed by atoms with Crippen molar-refractivity contribution in [3.63, 3.8) is 0 Å². The zero-order chi connectivity index (χ0) is 13.4. The van der Waals surface area contributed by atoms with Gasteiger partial charge in [-0.2, -0.15) is 0 Å². The highest BCUT2D eigenvalue weighted by atomic mass is 32.2. The fraction of sp³-hybridized carbons (Fsp3) is 0.538. The van der Waals surface area contributed by atoms with Crippen LogP contribution in [0.4, 0.5) is 0 Å². The molecule has 0 saturated heterocycles. The predicted octanol–water partition coefficient (Wildman–Crippen LogP) is 1.61. The van der Waals surface area contributed by atoms with Crippen molar-refractivity contribution >= 4 is 9.84 Å². The molecule has 0 fully saturated rings. The van der Waals surface area contributed by atoms with Crippen LogP contribution in [0.1, 0.15) is 18.9 Å². The average molecular weight is 271 g/mol. The Kier molecular flexibility index (Phi) is 6.15. The molecule has 1 aromatic rings. The van der Waals surface area contributed by atoms with Crippen LogP contribution in [0.2, 0.25) is 0 Å². The Labute approximate surface area is 109 Å². The van der Waals surface area contributed by atoms with E-state index in [0.717, 1.165) is 30.8 Å². The van der Waals surface area contributed by atoms with Gasteiger partial charge < -0.3 is 10.1 Å². The van der Waals surface area contributed by atoms with E-state index in [9.17, 15) is 8.42 Å². The number of hydrogen-bond donors (Lipinski definition) is 1. The highest BCUT2D eigenvalue weighted by molar-refractivity contribution is 7.90. The third-order valence-electron chi connectivity index (χ3n) is 2.43. The second-order valence-electron chi connectivity index (χ2n) is 4.26. The first-order valence-electron chi connectivity index (χ1n) is 6.12. The number of hydrogen-bond acceptors (Lipinski definition) is 4. The standard InChI is InChI=1S/C13H21NO3S/c1-3-8-14-11-12-6-4-5-7-13(12)17-9-10-18(2,15)16/h4-7,14H,3,8-11H2,1-2H3. The highest BCUT2D eigenvalue weighted by Crippen LogP contribution is 2.17. The lowest BCUT2D eigenvalue weighted by Gasteiger charge is -2.11. The monoisotopic (exact) mass is 271 g/mol. The van der Waals surface area contributed by atoms with Gasteiger partial charge in [0.25, 0.3) is 0 Å². The van der Waals surface area contributed by atoms with Crippen LogP contribution in [0.25, 0.3) is 0 Å². The van der Waals surface area contributed by atoms with Crippen molar-refractivity contribution in [2.75, 3.05) is 25.2 Å². The summed E-state index contributed by atoms with van der Waals surface area (Å²) in [5.41, 5.74) is 1.06. The normalized spacial score (nSPS) is 11.4. The summed E-state index contributed by atoms with van der Waals surface area (Å²) in [6.45, 7) is 4.01. The Morgan fingerprint density at radius 1 is 1.28 bits per heavy atom. The minimum absolute atomic E-state index is 0.0454. The molecule has 18 heavy (non-hydrogen) atoms. The highest BCUT2D eigenvalue weighted by Gasteiger charge is 2.05. The number of benzene rings is 1. The number of ether oxygens (including phenoxy) is 1. The van der Waals surface area contributed by atoms with Gasteiger partial charge in [0.15, 0.2) is 9.84 Å². The largest absolute Gasteiger partial charge is 0.492 e. The van der Waals surface area contributed by atoms with Crippen LogP contribution in [0.5, 0.6) is 5.75 Å². The third-order valence-corrected chi connectivity index (χ3v) is 3.33. The van der Waals surface area contributed by atoms with E-state index >= 15 is 0 Å². The molecule has 5 heteroatoms. The molecular formula is C13H21NO3S. The smallest absolute Gasteiger partial charge is 0.150 e. The Balaban J connectivity index is 2.53. The fourth-order valence-electron chi connectivity index (χ4n) is 1.49.